The highest BCUT2D eigenvalue weighted by atomic mass is 16.4. The van der Waals surface area contributed by atoms with Gasteiger partial charge in [-0.15, -0.1) is 4.91 Å². The number of hydrogen-bond donors (Lipinski definition) is 0. The van der Waals surface area contributed by atoms with Crippen molar-refractivity contribution in [1.82, 2.24) is 0 Å². The van der Waals surface area contributed by atoms with Gasteiger partial charge in [-0.2, -0.15) is 0 Å². The summed E-state index contributed by atoms with van der Waals surface area (Å²) in [6, 6.07) is 0. The highest BCUT2D eigenvalue weighted by Gasteiger charge is 1.43. The quantitative estimate of drug-likeness (QED) is 0.193. The molecule has 0 fully saturated rings. The largest absolute Gasteiger partial charge is 0.791 e. The molecule has 0 aromatic rings. The smallest absolute Gasteiger partial charge is 0.150 e. The Morgan fingerprint density at radius 3 is 2.40 bits per heavy atom. The van der Waals surface area contributed by atoms with Gasteiger partial charge in [0.1, 0.15) is 6.34 Å². The molecule has 0 aliphatic carbocycles. The zero-order valence-corrected chi connectivity index (χ0v) is 2.29. The van der Waals surface area contributed by atoms with E-state index in [1.807, 2.05) is 10.3 Å². The molecule has 0 aromatic carbocycles. The topological polar surface area (TPSA) is 64.8 Å². The lowest BCUT2D eigenvalue weighted by molar-refractivity contribution is 1.58. The minimum atomic E-state index is 0.389. The first-order valence-corrected chi connectivity index (χ1v) is 0.882. The van der Waals surface area contributed by atoms with Crippen molar-refractivity contribution >= 4 is 6.34 Å². The van der Waals surface area contributed by atoms with Crippen molar-refractivity contribution in [2.24, 2.45) is 10.3 Å². The van der Waals surface area contributed by atoms with Crippen LogP contribution in [0.2, 0.25) is 0 Å². The average Bonchev–Trinajstić information content (AvgIpc) is 1.41. The summed E-state index contributed by atoms with van der Waals surface area (Å²) in [6.45, 7) is 0. The second kappa shape index (κ2) is 3.07. The molecule has 0 saturated heterocycles. The van der Waals surface area contributed by atoms with Crippen LogP contribution in [0.3, 0.4) is 0 Å². The van der Waals surface area contributed by atoms with Gasteiger partial charge in [0.15, 0.2) is 0 Å². The standard InChI is InChI=1S/CH2N2O2/c4-2-1-3-5/h1,4H/p-1/b2-1+. The highest BCUT2D eigenvalue weighted by molar-refractivity contribution is 5.54. The van der Waals surface area contributed by atoms with E-state index in [1.54, 1.807) is 0 Å². The van der Waals surface area contributed by atoms with Crippen molar-refractivity contribution in [2.45, 2.75) is 0 Å². The number of nitrogens with zero attached hydrogens (tertiary/aromatic N) is 2. The fourth-order valence-corrected chi connectivity index (χ4v) is 0.0192. The molecule has 0 amide bonds. The molecule has 28 valence electrons. The summed E-state index contributed by atoms with van der Waals surface area (Å²) < 4.78 is 0. The summed E-state index contributed by atoms with van der Waals surface area (Å²) in [5, 5.41) is 12.8. The van der Waals surface area contributed by atoms with Gasteiger partial charge in [-0.25, -0.2) is 0 Å². The molecule has 0 unspecified atom stereocenters. The van der Waals surface area contributed by atoms with Crippen LogP contribution in [0.1, 0.15) is 0 Å². The van der Waals surface area contributed by atoms with Gasteiger partial charge in [-0.05, 0) is 5.18 Å². The predicted molar refractivity (Wildman–Crippen MR) is 17.7 cm³/mol. The maximum absolute atomic E-state index is 8.81. The maximum atomic E-state index is 8.81. The molecule has 4 heteroatoms. The molecular formula is CHN2O2-. The number of rotatable bonds is 1. The molecule has 0 heterocycles. The van der Waals surface area contributed by atoms with Gasteiger partial charge < -0.3 is 10.4 Å². The van der Waals surface area contributed by atoms with Gasteiger partial charge in [0, 0.05) is 0 Å². The SMILES string of the molecule is O=N/C=N/[O-]. The second-order valence-electron chi connectivity index (χ2n) is 0.326. The summed E-state index contributed by atoms with van der Waals surface area (Å²) in [5.74, 6) is 0. The van der Waals surface area contributed by atoms with E-state index in [9.17, 15) is 0 Å². The van der Waals surface area contributed by atoms with Crippen molar-refractivity contribution in [3.8, 4) is 0 Å². The normalized spacial score (nSPS) is 8.80. The van der Waals surface area contributed by atoms with Crippen LogP contribution in [0.5, 0.6) is 0 Å². The number of hydrogen-bond acceptors (Lipinski definition) is 3. The lowest BCUT2D eigenvalue weighted by atomic mass is 11.4. The maximum Gasteiger partial charge on any atom is 0.150 e. The highest BCUT2D eigenvalue weighted by Crippen LogP contribution is 1.51. The van der Waals surface area contributed by atoms with E-state index in [4.69, 9.17) is 10.1 Å². The summed E-state index contributed by atoms with van der Waals surface area (Å²) in [6.07, 6.45) is 0.389. The zero-order valence-electron chi connectivity index (χ0n) is 2.29. The Labute approximate surface area is 28.1 Å². The lowest BCUT2D eigenvalue weighted by Crippen LogP contribution is -1.50. The molecule has 4 nitrogen and oxygen atoms in total. The molecule has 0 aliphatic heterocycles. The Morgan fingerprint density at radius 2 is 2.40 bits per heavy atom. The molecule has 5 heavy (non-hydrogen) atoms. The van der Waals surface area contributed by atoms with Crippen LogP contribution in [-0.4, -0.2) is 6.34 Å². The third kappa shape index (κ3) is 3.07. The molecule has 0 radical (unpaired) electrons. The fraction of sp³-hybridized carbons (Fsp3) is 0. The van der Waals surface area contributed by atoms with Gasteiger partial charge in [-0.3, -0.25) is 0 Å². The van der Waals surface area contributed by atoms with Gasteiger partial charge in [0.25, 0.3) is 0 Å². The van der Waals surface area contributed by atoms with Crippen LogP contribution in [0, 0.1) is 10.1 Å². The zero-order chi connectivity index (χ0) is 4.12. The Bertz CT molecular complexity index is 49.6. The van der Waals surface area contributed by atoms with E-state index >= 15 is 0 Å². The summed E-state index contributed by atoms with van der Waals surface area (Å²) in [4.78, 5) is 8.81. The molecule has 0 N–H and O–H groups in total. The summed E-state index contributed by atoms with van der Waals surface area (Å²) in [5.41, 5.74) is 0. The van der Waals surface area contributed by atoms with E-state index in [-0.39, 0.29) is 0 Å². The van der Waals surface area contributed by atoms with Crippen LogP contribution in [-0.2, 0) is 0 Å². The first kappa shape index (κ1) is 4.07. The monoisotopic (exact) mass is 73.0 g/mol. The van der Waals surface area contributed by atoms with Gasteiger partial charge in [0.05, 0.1) is 0 Å². The molecular weight excluding hydrogens is 72.0 g/mol. The van der Waals surface area contributed by atoms with Crippen molar-refractivity contribution in [3.63, 3.8) is 0 Å². The average molecular weight is 73.0 g/mol. The lowest BCUT2D eigenvalue weighted by Gasteiger charge is -1.76. The van der Waals surface area contributed by atoms with Crippen molar-refractivity contribution in [3.05, 3.63) is 10.1 Å². The van der Waals surface area contributed by atoms with E-state index in [0.717, 1.165) is 0 Å². The minimum absolute atomic E-state index is 0.389. The Morgan fingerprint density at radius 1 is 1.80 bits per heavy atom. The van der Waals surface area contributed by atoms with Crippen molar-refractivity contribution < 1.29 is 0 Å². The third-order valence-electron chi connectivity index (χ3n) is 0.0943. The van der Waals surface area contributed by atoms with E-state index < -0.39 is 0 Å². The van der Waals surface area contributed by atoms with Crippen LogP contribution in [0.15, 0.2) is 10.3 Å². The van der Waals surface area contributed by atoms with Crippen LogP contribution in [0.25, 0.3) is 0 Å². The molecule has 0 spiro atoms. The first-order chi connectivity index (χ1) is 2.41. The van der Waals surface area contributed by atoms with Crippen molar-refractivity contribution in [2.75, 3.05) is 0 Å². The Balaban J connectivity index is 2.92. The van der Waals surface area contributed by atoms with Gasteiger partial charge >= 0.3 is 0 Å². The third-order valence-corrected chi connectivity index (χ3v) is 0.0943. The van der Waals surface area contributed by atoms with Crippen LogP contribution < -0.4 is 0 Å². The van der Waals surface area contributed by atoms with Crippen molar-refractivity contribution in [1.29, 1.82) is 0 Å². The predicted octanol–water partition coefficient (Wildman–Crippen LogP) is 0.279. The van der Waals surface area contributed by atoms with Crippen LogP contribution >= 0.6 is 0 Å². The van der Waals surface area contributed by atoms with E-state index in [1.165, 1.54) is 0 Å². The molecule has 0 aliphatic rings. The van der Waals surface area contributed by atoms with Gasteiger partial charge in [0.2, 0.25) is 0 Å². The summed E-state index contributed by atoms with van der Waals surface area (Å²) in [7, 11) is 0. The van der Waals surface area contributed by atoms with E-state index in [0.29, 0.717) is 6.34 Å². The Kier molecular flexibility index (Phi) is 2.50. The van der Waals surface area contributed by atoms with Gasteiger partial charge in [-0.1, -0.05) is 0 Å². The molecule has 0 aromatic heterocycles. The molecule has 0 saturated carbocycles. The second-order valence-corrected chi connectivity index (χ2v) is 0.326. The fourth-order valence-electron chi connectivity index (χ4n) is 0.0192. The molecule has 0 rings (SSSR count). The Hall–Kier alpha value is -0.930. The van der Waals surface area contributed by atoms with Crippen LogP contribution in [0.4, 0.5) is 0 Å². The molecule has 0 atom stereocenters. The number of nitroso groups, excluding NO2 is 1. The first-order valence-electron chi connectivity index (χ1n) is 0.882. The summed E-state index contributed by atoms with van der Waals surface area (Å²) >= 11 is 0. The minimum Gasteiger partial charge on any atom is -0.791 e. The molecule has 0 bridgehead atoms. The van der Waals surface area contributed by atoms with E-state index in [2.05, 4.69) is 0 Å².